The van der Waals surface area contributed by atoms with E-state index in [2.05, 4.69) is 26.0 Å². The molecule has 0 aliphatic heterocycles. The molecule has 29 heavy (non-hydrogen) atoms. The molecule has 3 aromatic rings. The summed E-state index contributed by atoms with van der Waals surface area (Å²) in [5.41, 5.74) is 0.630. The van der Waals surface area contributed by atoms with Crippen molar-refractivity contribution < 1.29 is 13.2 Å². The number of anilines is 1. The highest BCUT2D eigenvalue weighted by Crippen LogP contribution is 2.20. The Labute approximate surface area is 183 Å². The Morgan fingerprint density at radius 3 is 2.41 bits per heavy atom. The minimum absolute atomic E-state index is 0.119. The molecular formula is C21H21BrN2O3S2. The first-order valence-corrected chi connectivity index (χ1v) is 12.6. The topological polar surface area (TPSA) is 75.3 Å². The number of hydrogen-bond acceptors (Lipinski definition) is 4. The van der Waals surface area contributed by atoms with Gasteiger partial charge in [0.05, 0.1) is 4.90 Å². The number of halogens is 1. The van der Waals surface area contributed by atoms with Crippen LogP contribution in [0.2, 0.25) is 0 Å². The van der Waals surface area contributed by atoms with Crippen molar-refractivity contribution in [3.8, 4) is 0 Å². The van der Waals surface area contributed by atoms with E-state index < -0.39 is 16.1 Å². The fourth-order valence-corrected chi connectivity index (χ4v) is 4.81. The second kappa shape index (κ2) is 9.75. The van der Waals surface area contributed by atoms with Gasteiger partial charge in [-0.25, -0.2) is 8.42 Å². The molecule has 0 heterocycles. The van der Waals surface area contributed by atoms with Crippen LogP contribution in [0.5, 0.6) is 0 Å². The monoisotopic (exact) mass is 492 g/mol. The molecule has 0 aliphatic rings. The Kier molecular flexibility index (Phi) is 7.34. The van der Waals surface area contributed by atoms with Crippen LogP contribution in [0.1, 0.15) is 6.42 Å². The molecule has 0 saturated heterocycles. The summed E-state index contributed by atoms with van der Waals surface area (Å²) in [4.78, 5) is 13.0. The van der Waals surface area contributed by atoms with Crippen LogP contribution < -0.4 is 10.0 Å². The van der Waals surface area contributed by atoms with Crippen LogP contribution >= 0.6 is 27.7 Å². The Hall–Kier alpha value is -1.87. The summed E-state index contributed by atoms with van der Waals surface area (Å²) in [6, 6.07) is 18.9. The van der Waals surface area contributed by atoms with Crippen LogP contribution in [-0.2, 0) is 14.8 Å². The highest BCUT2D eigenvalue weighted by molar-refractivity contribution is 9.10. The minimum atomic E-state index is -3.82. The Morgan fingerprint density at radius 2 is 1.72 bits per heavy atom. The van der Waals surface area contributed by atoms with E-state index in [9.17, 15) is 13.2 Å². The number of nitrogens with one attached hydrogen (secondary N) is 2. The Morgan fingerprint density at radius 1 is 1.03 bits per heavy atom. The van der Waals surface area contributed by atoms with Gasteiger partial charge in [0.1, 0.15) is 6.04 Å². The fourth-order valence-electron chi connectivity index (χ4n) is 2.84. The van der Waals surface area contributed by atoms with E-state index in [-0.39, 0.29) is 10.8 Å². The summed E-state index contributed by atoms with van der Waals surface area (Å²) in [7, 11) is -3.82. The molecular weight excluding hydrogens is 472 g/mol. The predicted octanol–water partition coefficient (Wildman–Crippen LogP) is 4.64. The molecule has 1 amide bonds. The third-order valence-electron chi connectivity index (χ3n) is 4.37. The largest absolute Gasteiger partial charge is 0.325 e. The van der Waals surface area contributed by atoms with E-state index in [1.54, 1.807) is 23.9 Å². The minimum Gasteiger partial charge on any atom is -0.325 e. The van der Waals surface area contributed by atoms with E-state index in [0.717, 1.165) is 15.2 Å². The predicted molar refractivity (Wildman–Crippen MR) is 124 cm³/mol. The molecule has 8 heteroatoms. The second-order valence-corrected chi connectivity index (χ2v) is 10.1. The van der Waals surface area contributed by atoms with Gasteiger partial charge in [0.25, 0.3) is 0 Å². The van der Waals surface area contributed by atoms with Crippen molar-refractivity contribution in [1.29, 1.82) is 0 Å². The van der Waals surface area contributed by atoms with E-state index >= 15 is 0 Å². The lowest BCUT2D eigenvalue weighted by Crippen LogP contribution is -2.44. The number of carbonyl (C=O) groups excluding carboxylic acids is 1. The zero-order chi connectivity index (χ0) is 20.9. The summed E-state index contributed by atoms with van der Waals surface area (Å²) in [6.45, 7) is 0. The quantitative estimate of drug-likeness (QED) is 0.480. The van der Waals surface area contributed by atoms with Gasteiger partial charge in [0, 0.05) is 10.2 Å². The fraction of sp³-hybridized carbons (Fsp3) is 0.190. The van der Waals surface area contributed by atoms with Crippen molar-refractivity contribution in [2.75, 3.05) is 17.3 Å². The van der Waals surface area contributed by atoms with E-state index in [1.807, 2.05) is 48.7 Å². The number of rotatable bonds is 8. The molecule has 1 atom stereocenters. The molecule has 152 valence electrons. The van der Waals surface area contributed by atoms with Crippen LogP contribution in [0.15, 0.2) is 76.1 Å². The maximum Gasteiger partial charge on any atom is 0.242 e. The van der Waals surface area contributed by atoms with Gasteiger partial charge in [-0.2, -0.15) is 16.5 Å². The number of hydrogen-bond donors (Lipinski definition) is 2. The zero-order valence-electron chi connectivity index (χ0n) is 15.8. The van der Waals surface area contributed by atoms with E-state index in [0.29, 0.717) is 17.9 Å². The zero-order valence-corrected chi connectivity index (χ0v) is 19.0. The number of carbonyl (C=O) groups is 1. The van der Waals surface area contributed by atoms with Crippen molar-refractivity contribution in [1.82, 2.24) is 4.72 Å². The average molecular weight is 493 g/mol. The van der Waals surface area contributed by atoms with Gasteiger partial charge in [-0.1, -0.05) is 46.3 Å². The first-order valence-electron chi connectivity index (χ1n) is 8.95. The SMILES string of the molecule is CSCC[C@@H](NS(=O)(=O)c1ccc(Br)cc1)C(=O)Nc1ccc2ccccc2c1. The first kappa shape index (κ1) is 21.8. The van der Waals surface area contributed by atoms with E-state index in [4.69, 9.17) is 0 Å². The molecule has 0 aliphatic carbocycles. The summed E-state index contributed by atoms with van der Waals surface area (Å²) in [5, 5.41) is 4.91. The van der Waals surface area contributed by atoms with Gasteiger partial charge in [-0.3, -0.25) is 4.79 Å². The van der Waals surface area contributed by atoms with Crippen molar-refractivity contribution in [2.24, 2.45) is 0 Å². The van der Waals surface area contributed by atoms with Crippen LogP contribution in [0.4, 0.5) is 5.69 Å². The number of benzene rings is 3. The molecule has 0 radical (unpaired) electrons. The molecule has 0 fully saturated rings. The molecule has 5 nitrogen and oxygen atoms in total. The van der Waals surface area contributed by atoms with E-state index in [1.165, 1.54) is 12.1 Å². The Bertz CT molecular complexity index is 1100. The molecule has 0 aromatic heterocycles. The molecule has 2 N–H and O–H groups in total. The van der Waals surface area contributed by atoms with Crippen molar-refractivity contribution in [2.45, 2.75) is 17.4 Å². The van der Waals surface area contributed by atoms with Crippen molar-refractivity contribution >= 4 is 60.1 Å². The maximum absolute atomic E-state index is 12.9. The van der Waals surface area contributed by atoms with Crippen LogP contribution in [0.3, 0.4) is 0 Å². The lowest BCUT2D eigenvalue weighted by Gasteiger charge is -2.18. The van der Waals surface area contributed by atoms with Crippen LogP contribution in [0.25, 0.3) is 10.8 Å². The van der Waals surface area contributed by atoms with Crippen LogP contribution in [-0.4, -0.2) is 32.4 Å². The molecule has 0 bridgehead atoms. The summed E-state index contributed by atoms with van der Waals surface area (Å²) in [6.07, 6.45) is 2.30. The van der Waals surface area contributed by atoms with Gasteiger partial charge in [-0.15, -0.1) is 0 Å². The molecule has 0 spiro atoms. The smallest absolute Gasteiger partial charge is 0.242 e. The van der Waals surface area contributed by atoms with Crippen LogP contribution in [0, 0.1) is 0 Å². The first-order chi connectivity index (χ1) is 13.9. The van der Waals surface area contributed by atoms with Crippen molar-refractivity contribution in [3.05, 3.63) is 71.2 Å². The normalized spacial score (nSPS) is 12.6. The van der Waals surface area contributed by atoms with Gasteiger partial charge in [-0.05, 0) is 65.6 Å². The highest BCUT2D eigenvalue weighted by atomic mass is 79.9. The maximum atomic E-state index is 12.9. The number of thioether (sulfide) groups is 1. The average Bonchev–Trinajstić information content (AvgIpc) is 2.71. The molecule has 0 unspecified atom stereocenters. The lowest BCUT2D eigenvalue weighted by molar-refractivity contribution is -0.117. The third kappa shape index (κ3) is 5.82. The molecule has 3 aromatic carbocycles. The number of sulfonamides is 1. The number of amides is 1. The molecule has 0 saturated carbocycles. The summed E-state index contributed by atoms with van der Waals surface area (Å²) in [5.74, 6) is 0.272. The van der Waals surface area contributed by atoms with Crippen molar-refractivity contribution in [3.63, 3.8) is 0 Å². The standard InChI is InChI=1S/C21H21BrN2O3S2/c1-28-13-12-20(24-29(26,27)19-10-7-17(22)8-11-19)21(25)23-18-9-6-15-4-2-3-5-16(15)14-18/h2-11,14,20,24H,12-13H2,1H3,(H,23,25)/t20-/m1/s1. The van der Waals surface area contributed by atoms with Gasteiger partial charge in [0.2, 0.25) is 15.9 Å². The highest BCUT2D eigenvalue weighted by Gasteiger charge is 2.25. The van der Waals surface area contributed by atoms with Gasteiger partial charge in [0.15, 0.2) is 0 Å². The lowest BCUT2D eigenvalue weighted by atomic mass is 10.1. The third-order valence-corrected chi connectivity index (χ3v) is 7.03. The Balaban J connectivity index is 1.79. The number of fused-ring (bicyclic) bond motifs is 1. The van der Waals surface area contributed by atoms with Gasteiger partial charge < -0.3 is 5.32 Å². The molecule has 3 rings (SSSR count). The summed E-state index contributed by atoms with van der Waals surface area (Å²) < 4.78 is 28.8. The van der Waals surface area contributed by atoms with Gasteiger partial charge >= 0.3 is 0 Å². The summed E-state index contributed by atoms with van der Waals surface area (Å²) >= 11 is 4.85. The second-order valence-electron chi connectivity index (χ2n) is 6.46.